The minimum absolute atomic E-state index is 0.173. The summed E-state index contributed by atoms with van der Waals surface area (Å²) < 4.78 is 5.40. The van der Waals surface area contributed by atoms with E-state index in [0.29, 0.717) is 13.2 Å². The Kier molecular flexibility index (Phi) is 3.14. The van der Waals surface area contributed by atoms with Gasteiger partial charge in [-0.05, 0) is 28.1 Å². The summed E-state index contributed by atoms with van der Waals surface area (Å²) in [4.78, 5) is 1.01. The fourth-order valence-electron chi connectivity index (χ4n) is 1.99. The van der Waals surface area contributed by atoms with E-state index in [1.165, 1.54) is 11.1 Å². The molecule has 1 unspecified atom stereocenters. The van der Waals surface area contributed by atoms with Crippen molar-refractivity contribution in [3.63, 3.8) is 0 Å². The van der Waals surface area contributed by atoms with Crippen LogP contribution in [-0.2, 0) is 18.0 Å². The predicted molar refractivity (Wildman–Crippen MR) is 72.0 cm³/mol. The Morgan fingerprint density at radius 2 is 2.00 bits per heavy atom. The van der Waals surface area contributed by atoms with Gasteiger partial charge in [0.15, 0.2) is 0 Å². The van der Waals surface area contributed by atoms with Gasteiger partial charge in [0, 0.05) is 4.88 Å². The van der Waals surface area contributed by atoms with Crippen LogP contribution in [0.5, 0.6) is 0 Å². The largest absolute Gasteiger partial charge is 0.372 e. The zero-order chi connectivity index (χ0) is 11.8. The molecule has 0 bridgehead atoms. The summed E-state index contributed by atoms with van der Waals surface area (Å²) in [6.07, 6.45) is 0. The van der Waals surface area contributed by atoms with Crippen molar-refractivity contribution in [3.8, 4) is 0 Å². The summed E-state index contributed by atoms with van der Waals surface area (Å²) in [5.74, 6) is 0. The number of hydrogen-bond acceptors (Lipinski definition) is 2. The maximum Gasteiger partial charge on any atom is 0.0942 e. The molecule has 0 N–H and O–H groups in total. The highest BCUT2D eigenvalue weighted by atomic mass is 35.5. The zero-order valence-electron chi connectivity index (χ0n) is 8.95. The molecule has 1 nitrogen and oxygen atoms in total. The van der Waals surface area contributed by atoms with E-state index in [0.717, 1.165) is 15.5 Å². The van der Waals surface area contributed by atoms with Gasteiger partial charge in [0.2, 0.25) is 0 Å². The monoisotopic (exact) mass is 284 g/mol. The van der Waals surface area contributed by atoms with Crippen molar-refractivity contribution in [2.24, 2.45) is 0 Å². The lowest BCUT2D eigenvalue weighted by atomic mass is 10.0. The first kappa shape index (κ1) is 11.5. The third kappa shape index (κ3) is 2.11. The van der Waals surface area contributed by atoms with Crippen LogP contribution in [0.15, 0.2) is 29.6 Å². The quantitative estimate of drug-likeness (QED) is 0.723. The Morgan fingerprint density at radius 3 is 2.76 bits per heavy atom. The van der Waals surface area contributed by atoms with E-state index >= 15 is 0 Å². The molecule has 0 fully saturated rings. The van der Waals surface area contributed by atoms with Crippen LogP contribution in [0.3, 0.4) is 0 Å². The van der Waals surface area contributed by atoms with Gasteiger partial charge in [-0.15, -0.1) is 22.9 Å². The SMILES string of the molecule is Clc1ccsc1C(Cl)c1ccc2c(c1)COC2. The molecule has 0 amide bonds. The van der Waals surface area contributed by atoms with Crippen molar-refractivity contribution in [1.82, 2.24) is 0 Å². The first-order valence-corrected chi connectivity index (χ1v) is 7.01. The lowest BCUT2D eigenvalue weighted by Crippen LogP contribution is -1.93. The minimum atomic E-state index is -0.173. The fourth-order valence-corrected chi connectivity index (χ4v) is 3.62. The summed E-state index contributed by atoms with van der Waals surface area (Å²) >= 11 is 14.2. The van der Waals surface area contributed by atoms with Gasteiger partial charge in [0.25, 0.3) is 0 Å². The highest BCUT2D eigenvalue weighted by molar-refractivity contribution is 7.11. The van der Waals surface area contributed by atoms with Crippen LogP contribution in [0, 0.1) is 0 Å². The Balaban J connectivity index is 1.97. The van der Waals surface area contributed by atoms with Crippen LogP contribution in [0.2, 0.25) is 5.02 Å². The molecule has 0 aliphatic carbocycles. The van der Waals surface area contributed by atoms with E-state index in [1.54, 1.807) is 11.3 Å². The number of thiophene rings is 1. The Labute approximate surface area is 114 Å². The number of hydrogen-bond donors (Lipinski definition) is 0. The van der Waals surface area contributed by atoms with Crippen LogP contribution in [0.1, 0.15) is 26.9 Å². The molecule has 1 atom stereocenters. The van der Waals surface area contributed by atoms with Gasteiger partial charge in [-0.1, -0.05) is 29.8 Å². The van der Waals surface area contributed by atoms with Gasteiger partial charge in [-0.2, -0.15) is 0 Å². The van der Waals surface area contributed by atoms with Gasteiger partial charge in [-0.3, -0.25) is 0 Å². The number of benzene rings is 1. The number of ether oxygens (including phenoxy) is 1. The third-order valence-corrected chi connectivity index (χ3v) is 4.94. The highest BCUT2D eigenvalue weighted by Crippen LogP contribution is 2.38. The van der Waals surface area contributed by atoms with Crippen molar-refractivity contribution in [2.45, 2.75) is 18.6 Å². The molecule has 0 radical (unpaired) electrons. The standard InChI is InChI=1S/C13H10Cl2OS/c14-11-3-4-17-13(11)12(15)8-1-2-9-6-16-7-10(9)5-8/h1-5,12H,6-7H2. The maximum atomic E-state index is 6.47. The molecule has 1 aliphatic heterocycles. The van der Waals surface area contributed by atoms with E-state index in [9.17, 15) is 0 Å². The molecular weight excluding hydrogens is 275 g/mol. The van der Waals surface area contributed by atoms with E-state index in [1.807, 2.05) is 11.4 Å². The van der Waals surface area contributed by atoms with Gasteiger partial charge >= 0.3 is 0 Å². The average Bonchev–Trinajstić information content (AvgIpc) is 2.95. The average molecular weight is 285 g/mol. The molecule has 1 aromatic heterocycles. The molecule has 4 heteroatoms. The normalized spacial score (nSPS) is 15.9. The summed E-state index contributed by atoms with van der Waals surface area (Å²) in [6, 6.07) is 8.15. The summed E-state index contributed by atoms with van der Waals surface area (Å²) in [5.41, 5.74) is 3.58. The van der Waals surface area contributed by atoms with Crippen molar-refractivity contribution in [1.29, 1.82) is 0 Å². The molecule has 1 aromatic carbocycles. The van der Waals surface area contributed by atoms with Crippen LogP contribution < -0.4 is 0 Å². The van der Waals surface area contributed by atoms with Crippen LogP contribution in [0.4, 0.5) is 0 Å². The molecule has 2 aromatic rings. The lowest BCUT2D eigenvalue weighted by Gasteiger charge is -2.10. The molecule has 88 valence electrons. The molecule has 3 rings (SSSR count). The second-order valence-electron chi connectivity index (χ2n) is 4.02. The second kappa shape index (κ2) is 4.62. The number of halogens is 2. The van der Waals surface area contributed by atoms with Crippen LogP contribution >= 0.6 is 34.5 Å². The molecule has 0 spiro atoms. The number of rotatable bonds is 2. The van der Waals surface area contributed by atoms with Gasteiger partial charge in [0.1, 0.15) is 0 Å². The zero-order valence-corrected chi connectivity index (χ0v) is 11.3. The fraction of sp³-hybridized carbons (Fsp3) is 0.231. The van der Waals surface area contributed by atoms with Crippen molar-refractivity contribution >= 4 is 34.5 Å². The van der Waals surface area contributed by atoms with Crippen molar-refractivity contribution in [2.75, 3.05) is 0 Å². The van der Waals surface area contributed by atoms with Crippen LogP contribution in [-0.4, -0.2) is 0 Å². The molecule has 1 aliphatic rings. The van der Waals surface area contributed by atoms with Gasteiger partial charge in [0.05, 0.1) is 23.6 Å². The number of fused-ring (bicyclic) bond motifs is 1. The summed E-state index contributed by atoms with van der Waals surface area (Å²) in [6.45, 7) is 1.40. The first-order chi connectivity index (χ1) is 8.25. The molecule has 2 heterocycles. The Bertz CT molecular complexity index is 550. The highest BCUT2D eigenvalue weighted by Gasteiger charge is 2.18. The lowest BCUT2D eigenvalue weighted by molar-refractivity contribution is 0.134. The Hall–Kier alpha value is -0.540. The van der Waals surface area contributed by atoms with Crippen LogP contribution in [0.25, 0.3) is 0 Å². The van der Waals surface area contributed by atoms with E-state index in [-0.39, 0.29) is 5.38 Å². The first-order valence-electron chi connectivity index (χ1n) is 5.32. The molecule has 0 saturated carbocycles. The minimum Gasteiger partial charge on any atom is -0.372 e. The van der Waals surface area contributed by atoms with Crippen molar-refractivity contribution in [3.05, 3.63) is 56.2 Å². The topological polar surface area (TPSA) is 9.23 Å². The molecule has 17 heavy (non-hydrogen) atoms. The van der Waals surface area contributed by atoms with E-state index in [2.05, 4.69) is 18.2 Å². The van der Waals surface area contributed by atoms with Crippen molar-refractivity contribution < 1.29 is 4.74 Å². The summed E-state index contributed by atoms with van der Waals surface area (Å²) in [7, 11) is 0. The third-order valence-electron chi connectivity index (χ3n) is 2.91. The van der Waals surface area contributed by atoms with Gasteiger partial charge < -0.3 is 4.74 Å². The van der Waals surface area contributed by atoms with E-state index in [4.69, 9.17) is 27.9 Å². The summed E-state index contributed by atoms with van der Waals surface area (Å²) in [5, 5.41) is 2.53. The second-order valence-corrected chi connectivity index (χ2v) is 5.81. The van der Waals surface area contributed by atoms with Gasteiger partial charge in [-0.25, -0.2) is 0 Å². The smallest absolute Gasteiger partial charge is 0.0942 e. The number of alkyl halides is 1. The molecule has 0 saturated heterocycles. The molecular formula is C13H10Cl2OS. The Morgan fingerprint density at radius 1 is 1.18 bits per heavy atom. The predicted octanol–water partition coefficient (Wildman–Crippen LogP) is 4.76. The maximum absolute atomic E-state index is 6.47. The van der Waals surface area contributed by atoms with E-state index < -0.39 is 0 Å².